The summed E-state index contributed by atoms with van der Waals surface area (Å²) in [5, 5.41) is 38.1. The van der Waals surface area contributed by atoms with Crippen LogP contribution >= 0.6 is 0 Å². The van der Waals surface area contributed by atoms with Crippen molar-refractivity contribution in [2.75, 3.05) is 0 Å². The largest absolute Gasteiger partial charge is 0.481 e. The second kappa shape index (κ2) is 14.9. The Morgan fingerprint density at radius 3 is 1.27 bits per heavy atom. The lowest BCUT2D eigenvalue weighted by Crippen LogP contribution is -2.41. The first-order chi connectivity index (χ1) is 15.6. The maximum absolute atomic E-state index is 11.7. The van der Waals surface area contributed by atoms with E-state index in [1.165, 1.54) is 0 Å². The second-order valence-corrected chi connectivity index (χ2v) is 9.70. The second-order valence-electron chi connectivity index (χ2n) is 9.70. The van der Waals surface area contributed by atoms with E-state index in [1.54, 1.807) is 0 Å². The number of carboxylic acids is 4. The number of rotatable bonds is 17. The van der Waals surface area contributed by atoms with Crippen LogP contribution in [0.2, 0.25) is 0 Å². The van der Waals surface area contributed by atoms with Crippen LogP contribution in [0.25, 0.3) is 0 Å². The minimum absolute atomic E-state index is 0.0794. The monoisotopic (exact) mass is 470 g/mol. The molecule has 0 heterocycles. The Morgan fingerprint density at radius 2 is 0.939 bits per heavy atom. The van der Waals surface area contributed by atoms with Crippen molar-refractivity contribution < 1.29 is 39.6 Å². The predicted molar refractivity (Wildman–Crippen MR) is 123 cm³/mol. The lowest BCUT2D eigenvalue weighted by atomic mass is 9.60. The minimum atomic E-state index is -1.57. The molecule has 1 rings (SSSR count). The molecule has 1 aliphatic carbocycles. The van der Waals surface area contributed by atoms with Crippen molar-refractivity contribution in [3.8, 4) is 0 Å². The molecule has 0 saturated heterocycles. The van der Waals surface area contributed by atoms with Crippen LogP contribution in [-0.2, 0) is 19.2 Å². The summed E-state index contributed by atoms with van der Waals surface area (Å²) in [4.78, 5) is 46.7. The van der Waals surface area contributed by atoms with Gasteiger partial charge in [0.05, 0.1) is 0 Å². The van der Waals surface area contributed by atoms with Gasteiger partial charge in [-0.25, -0.2) is 0 Å². The van der Waals surface area contributed by atoms with Crippen LogP contribution < -0.4 is 0 Å². The van der Waals surface area contributed by atoms with E-state index in [-0.39, 0.29) is 36.5 Å². The van der Waals surface area contributed by atoms with Crippen LogP contribution in [0.4, 0.5) is 0 Å². The summed E-state index contributed by atoms with van der Waals surface area (Å²) in [6, 6.07) is 0. The molecular weight excluding hydrogens is 428 g/mol. The Morgan fingerprint density at radius 1 is 0.606 bits per heavy atom. The third kappa shape index (κ3) is 9.33. The van der Waals surface area contributed by atoms with Gasteiger partial charge in [0.15, 0.2) is 11.8 Å². The first kappa shape index (κ1) is 28.9. The zero-order valence-electron chi connectivity index (χ0n) is 20.1. The quantitative estimate of drug-likeness (QED) is 0.168. The number of carboxylic acid groups (broad SMARTS) is 4. The highest BCUT2D eigenvalue weighted by Gasteiger charge is 2.44. The molecular formula is C25H42O8. The van der Waals surface area contributed by atoms with Gasteiger partial charge in [-0.1, -0.05) is 71.6 Å². The average Bonchev–Trinajstić information content (AvgIpc) is 2.73. The molecule has 1 saturated carbocycles. The number of aliphatic carboxylic acids is 4. The maximum atomic E-state index is 11.7. The van der Waals surface area contributed by atoms with Gasteiger partial charge in [0.2, 0.25) is 0 Å². The van der Waals surface area contributed by atoms with Gasteiger partial charge < -0.3 is 20.4 Å². The van der Waals surface area contributed by atoms with Gasteiger partial charge in [0, 0.05) is 0 Å². The van der Waals surface area contributed by atoms with Gasteiger partial charge in [-0.05, 0) is 49.4 Å². The molecule has 4 atom stereocenters. The highest BCUT2D eigenvalue weighted by atomic mass is 16.4. The van der Waals surface area contributed by atoms with E-state index in [2.05, 4.69) is 13.8 Å². The molecule has 8 heteroatoms. The Bertz CT molecular complexity index is 618. The zero-order chi connectivity index (χ0) is 25.0. The van der Waals surface area contributed by atoms with Crippen LogP contribution in [0, 0.1) is 35.5 Å². The Hall–Kier alpha value is -2.12. The van der Waals surface area contributed by atoms with Crippen molar-refractivity contribution in [3.63, 3.8) is 0 Å². The zero-order valence-corrected chi connectivity index (χ0v) is 20.1. The summed E-state index contributed by atoms with van der Waals surface area (Å²) in [7, 11) is 0. The normalized spacial score (nSPS) is 23.0. The molecule has 1 aliphatic rings. The third-order valence-electron chi connectivity index (χ3n) is 7.48. The standard InChI is InChI=1S/C25H42O8/c1-3-5-7-9-11-17-13-12-16(10-8-6-4-2)18(14-20(22(26)27)23(28)29)19(17)15-21(24(30)31)25(32)33/h16-21H,3-15H2,1-2H3,(H,26,27)(H,28,29)(H,30,31)(H,32,33). The molecule has 0 spiro atoms. The lowest BCUT2D eigenvalue weighted by Gasteiger charge is -2.45. The molecule has 0 aromatic carbocycles. The maximum Gasteiger partial charge on any atom is 0.317 e. The first-order valence-electron chi connectivity index (χ1n) is 12.5. The summed E-state index contributed by atoms with van der Waals surface area (Å²) in [5.41, 5.74) is 0. The molecule has 0 aromatic rings. The van der Waals surface area contributed by atoms with E-state index in [1.807, 2.05) is 0 Å². The number of unbranched alkanes of at least 4 members (excludes halogenated alkanes) is 5. The Balaban J connectivity index is 3.27. The van der Waals surface area contributed by atoms with Crippen LogP contribution in [0.5, 0.6) is 0 Å². The average molecular weight is 471 g/mol. The third-order valence-corrected chi connectivity index (χ3v) is 7.48. The molecule has 4 unspecified atom stereocenters. The smallest absolute Gasteiger partial charge is 0.317 e. The fourth-order valence-corrected chi connectivity index (χ4v) is 5.66. The molecule has 1 fully saturated rings. The van der Waals surface area contributed by atoms with E-state index in [0.717, 1.165) is 70.6 Å². The molecule has 8 nitrogen and oxygen atoms in total. The van der Waals surface area contributed by atoms with Crippen molar-refractivity contribution in [2.24, 2.45) is 35.5 Å². The van der Waals surface area contributed by atoms with Crippen molar-refractivity contribution in [1.82, 2.24) is 0 Å². The molecule has 0 bridgehead atoms. The summed E-state index contributed by atoms with van der Waals surface area (Å²) < 4.78 is 0. The highest BCUT2D eigenvalue weighted by Crippen LogP contribution is 2.48. The van der Waals surface area contributed by atoms with E-state index in [9.17, 15) is 39.6 Å². The summed E-state index contributed by atoms with van der Waals surface area (Å²) >= 11 is 0. The van der Waals surface area contributed by atoms with Gasteiger partial charge in [0.1, 0.15) is 0 Å². The Labute approximate surface area is 196 Å². The van der Waals surface area contributed by atoms with Gasteiger partial charge in [-0.3, -0.25) is 19.2 Å². The lowest BCUT2D eigenvalue weighted by molar-refractivity contribution is -0.160. The SMILES string of the molecule is CCCCCCC1CCC(CCCCC)C(CC(C(=O)O)C(=O)O)C1CC(C(=O)O)C(=O)O. The van der Waals surface area contributed by atoms with E-state index in [0.29, 0.717) is 0 Å². The predicted octanol–water partition coefficient (Wildman–Crippen LogP) is 5.15. The number of hydrogen-bond donors (Lipinski definition) is 4. The molecule has 4 N–H and O–H groups in total. The molecule has 0 amide bonds. The van der Waals surface area contributed by atoms with Gasteiger partial charge in [-0.15, -0.1) is 0 Å². The number of carbonyl (C=O) groups is 4. The minimum Gasteiger partial charge on any atom is -0.481 e. The van der Waals surface area contributed by atoms with E-state index in [4.69, 9.17) is 0 Å². The van der Waals surface area contributed by atoms with Crippen LogP contribution in [0.3, 0.4) is 0 Å². The summed E-state index contributed by atoms with van der Waals surface area (Å²) in [6.07, 6.45) is 10.3. The molecule has 33 heavy (non-hydrogen) atoms. The van der Waals surface area contributed by atoms with Crippen molar-refractivity contribution in [3.05, 3.63) is 0 Å². The fraction of sp³-hybridized carbons (Fsp3) is 0.840. The highest BCUT2D eigenvalue weighted by molar-refractivity contribution is 5.93. The van der Waals surface area contributed by atoms with Crippen LogP contribution in [-0.4, -0.2) is 44.3 Å². The fourth-order valence-electron chi connectivity index (χ4n) is 5.66. The van der Waals surface area contributed by atoms with Crippen molar-refractivity contribution in [2.45, 2.75) is 97.3 Å². The molecule has 190 valence electrons. The van der Waals surface area contributed by atoms with Gasteiger partial charge in [-0.2, -0.15) is 0 Å². The van der Waals surface area contributed by atoms with Gasteiger partial charge >= 0.3 is 23.9 Å². The van der Waals surface area contributed by atoms with Crippen LogP contribution in [0.15, 0.2) is 0 Å². The topological polar surface area (TPSA) is 149 Å². The van der Waals surface area contributed by atoms with E-state index >= 15 is 0 Å². The molecule has 0 aliphatic heterocycles. The van der Waals surface area contributed by atoms with E-state index < -0.39 is 35.7 Å². The van der Waals surface area contributed by atoms with Crippen LogP contribution in [0.1, 0.15) is 97.3 Å². The van der Waals surface area contributed by atoms with Gasteiger partial charge in [0.25, 0.3) is 0 Å². The summed E-state index contributed by atoms with van der Waals surface area (Å²) in [6.45, 7) is 4.20. The first-order valence-corrected chi connectivity index (χ1v) is 12.5. The van der Waals surface area contributed by atoms with Crippen molar-refractivity contribution in [1.29, 1.82) is 0 Å². The van der Waals surface area contributed by atoms with Crippen molar-refractivity contribution >= 4 is 23.9 Å². The summed E-state index contributed by atoms with van der Waals surface area (Å²) in [5.74, 6) is -9.19. The Kier molecular flexibility index (Phi) is 13.1. The molecule has 0 radical (unpaired) electrons. The number of hydrogen-bond acceptors (Lipinski definition) is 4. The molecule has 0 aromatic heterocycles.